The van der Waals surface area contributed by atoms with Gasteiger partial charge < -0.3 is 9.73 Å². The first kappa shape index (κ1) is 13.3. The molecular formula is C14H19NO2. The lowest BCUT2D eigenvalue weighted by molar-refractivity contribution is -0.117. The number of rotatable bonds is 6. The van der Waals surface area contributed by atoms with Gasteiger partial charge in [-0.2, -0.15) is 0 Å². The molecule has 0 aromatic carbocycles. The van der Waals surface area contributed by atoms with Crippen LogP contribution in [-0.4, -0.2) is 11.9 Å². The molecule has 3 nitrogen and oxygen atoms in total. The minimum atomic E-state index is -0.0601. The van der Waals surface area contributed by atoms with Gasteiger partial charge in [-0.3, -0.25) is 4.79 Å². The summed E-state index contributed by atoms with van der Waals surface area (Å²) in [6, 6.07) is 3.96. The summed E-state index contributed by atoms with van der Waals surface area (Å²) in [6.07, 6.45) is 10.3. The summed E-state index contributed by atoms with van der Waals surface area (Å²) in [6.45, 7) is 3.90. The van der Waals surface area contributed by atoms with Crippen molar-refractivity contribution in [2.75, 3.05) is 0 Å². The van der Waals surface area contributed by atoms with E-state index in [1.165, 1.54) is 6.08 Å². The fourth-order valence-corrected chi connectivity index (χ4v) is 1.43. The van der Waals surface area contributed by atoms with Gasteiger partial charge >= 0.3 is 0 Å². The van der Waals surface area contributed by atoms with Gasteiger partial charge in [-0.25, -0.2) is 0 Å². The highest BCUT2D eigenvalue weighted by molar-refractivity contribution is 5.87. The molecule has 0 aliphatic rings. The Bertz CT molecular complexity index is 377. The van der Waals surface area contributed by atoms with E-state index in [1.54, 1.807) is 12.3 Å². The Morgan fingerprint density at radius 1 is 1.53 bits per heavy atom. The Morgan fingerprint density at radius 2 is 2.35 bits per heavy atom. The lowest BCUT2D eigenvalue weighted by Gasteiger charge is -2.11. The van der Waals surface area contributed by atoms with E-state index < -0.39 is 0 Å². The number of aryl methyl sites for hydroxylation is 1. The molecule has 0 fully saturated rings. The van der Waals surface area contributed by atoms with Crippen molar-refractivity contribution in [2.24, 2.45) is 0 Å². The number of carbonyl (C=O) groups excluding carboxylic acids is 1. The van der Waals surface area contributed by atoms with E-state index in [1.807, 2.05) is 38.1 Å². The predicted molar refractivity (Wildman–Crippen MR) is 68.6 cm³/mol. The maximum atomic E-state index is 11.4. The first-order valence-electron chi connectivity index (χ1n) is 5.84. The van der Waals surface area contributed by atoms with Gasteiger partial charge in [0, 0.05) is 18.5 Å². The monoisotopic (exact) mass is 233 g/mol. The number of nitrogens with one attached hydrogen (secondary N) is 1. The minimum absolute atomic E-state index is 0.0601. The van der Waals surface area contributed by atoms with E-state index in [0.717, 1.165) is 18.6 Å². The van der Waals surface area contributed by atoms with Gasteiger partial charge in [0.25, 0.3) is 0 Å². The molecule has 1 amide bonds. The molecule has 1 aromatic rings. The van der Waals surface area contributed by atoms with Gasteiger partial charge in [0.2, 0.25) is 5.91 Å². The van der Waals surface area contributed by atoms with E-state index in [4.69, 9.17) is 4.42 Å². The van der Waals surface area contributed by atoms with Crippen molar-refractivity contribution in [1.82, 2.24) is 5.32 Å². The summed E-state index contributed by atoms with van der Waals surface area (Å²) in [4.78, 5) is 11.4. The highest BCUT2D eigenvalue weighted by atomic mass is 16.3. The zero-order chi connectivity index (χ0) is 12.5. The van der Waals surface area contributed by atoms with E-state index in [0.29, 0.717) is 0 Å². The molecule has 0 saturated carbocycles. The first-order chi connectivity index (χ1) is 8.22. The highest BCUT2D eigenvalue weighted by Crippen LogP contribution is 2.05. The normalized spacial score (nSPS) is 13.3. The van der Waals surface area contributed by atoms with Crippen molar-refractivity contribution in [2.45, 2.75) is 32.7 Å². The van der Waals surface area contributed by atoms with Crippen molar-refractivity contribution >= 4 is 5.91 Å². The Hall–Kier alpha value is -1.77. The molecule has 17 heavy (non-hydrogen) atoms. The van der Waals surface area contributed by atoms with Crippen LogP contribution in [-0.2, 0) is 11.2 Å². The largest absolute Gasteiger partial charge is 0.469 e. The molecule has 92 valence electrons. The number of furan rings is 1. The SMILES string of the molecule is C/C=C/C=C/C(=O)N[C@H](C)CCc1ccco1. The fraction of sp³-hybridized carbons (Fsp3) is 0.357. The quantitative estimate of drug-likeness (QED) is 0.606. The third-order valence-electron chi connectivity index (χ3n) is 2.34. The smallest absolute Gasteiger partial charge is 0.244 e. The van der Waals surface area contributed by atoms with Crippen LogP contribution in [0.25, 0.3) is 0 Å². The molecular weight excluding hydrogens is 214 g/mol. The number of hydrogen-bond acceptors (Lipinski definition) is 2. The summed E-state index contributed by atoms with van der Waals surface area (Å²) >= 11 is 0. The Morgan fingerprint density at radius 3 is 3.00 bits per heavy atom. The van der Waals surface area contributed by atoms with Crippen molar-refractivity contribution in [3.05, 3.63) is 48.5 Å². The zero-order valence-electron chi connectivity index (χ0n) is 10.3. The van der Waals surface area contributed by atoms with Crippen LogP contribution in [0, 0.1) is 0 Å². The topological polar surface area (TPSA) is 42.2 Å². The summed E-state index contributed by atoms with van der Waals surface area (Å²) in [5.41, 5.74) is 0. The molecule has 0 unspecified atom stereocenters. The molecule has 1 aromatic heterocycles. The number of carbonyl (C=O) groups is 1. The maximum absolute atomic E-state index is 11.4. The van der Waals surface area contributed by atoms with Gasteiger partial charge in [0.1, 0.15) is 5.76 Å². The minimum Gasteiger partial charge on any atom is -0.469 e. The van der Waals surface area contributed by atoms with Gasteiger partial charge in [-0.05, 0) is 32.4 Å². The van der Waals surface area contributed by atoms with Crippen molar-refractivity contribution < 1.29 is 9.21 Å². The number of amides is 1. The Labute approximate surface area is 102 Å². The summed E-state index contributed by atoms with van der Waals surface area (Å²) < 4.78 is 5.23. The third kappa shape index (κ3) is 5.76. The van der Waals surface area contributed by atoms with Crippen LogP contribution in [0.15, 0.2) is 47.1 Å². The van der Waals surface area contributed by atoms with Gasteiger partial charge in [-0.15, -0.1) is 0 Å². The maximum Gasteiger partial charge on any atom is 0.244 e. The van der Waals surface area contributed by atoms with Crippen LogP contribution in [0.1, 0.15) is 26.0 Å². The van der Waals surface area contributed by atoms with Crippen LogP contribution in [0.4, 0.5) is 0 Å². The predicted octanol–water partition coefficient (Wildman–Crippen LogP) is 2.85. The molecule has 0 bridgehead atoms. The molecule has 0 aliphatic heterocycles. The molecule has 0 aliphatic carbocycles. The molecule has 1 atom stereocenters. The molecule has 0 radical (unpaired) electrons. The molecule has 1 rings (SSSR count). The van der Waals surface area contributed by atoms with E-state index in [2.05, 4.69) is 5.32 Å². The van der Waals surface area contributed by atoms with E-state index in [-0.39, 0.29) is 11.9 Å². The van der Waals surface area contributed by atoms with Crippen molar-refractivity contribution in [3.8, 4) is 0 Å². The van der Waals surface area contributed by atoms with Crippen LogP contribution in [0.5, 0.6) is 0 Å². The second kappa shape index (κ2) is 7.49. The van der Waals surface area contributed by atoms with Gasteiger partial charge in [0.15, 0.2) is 0 Å². The average Bonchev–Trinajstić information content (AvgIpc) is 2.79. The third-order valence-corrected chi connectivity index (χ3v) is 2.34. The highest BCUT2D eigenvalue weighted by Gasteiger charge is 2.05. The molecule has 0 spiro atoms. The lowest BCUT2D eigenvalue weighted by atomic mass is 10.1. The van der Waals surface area contributed by atoms with Crippen molar-refractivity contribution in [3.63, 3.8) is 0 Å². The van der Waals surface area contributed by atoms with Gasteiger partial charge in [-0.1, -0.05) is 18.2 Å². The summed E-state index contributed by atoms with van der Waals surface area (Å²) in [5.74, 6) is 0.894. The molecule has 3 heteroatoms. The van der Waals surface area contributed by atoms with Gasteiger partial charge in [0.05, 0.1) is 6.26 Å². The second-order valence-electron chi connectivity index (χ2n) is 3.91. The fourth-order valence-electron chi connectivity index (χ4n) is 1.43. The van der Waals surface area contributed by atoms with Crippen LogP contribution in [0.3, 0.4) is 0 Å². The van der Waals surface area contributed by atoms with Crippen LogP contribution < -0.4 is 5.32 Å². The number of hydrogen-bond donors (Lipinski definition) is 1. The standard InChI is InChI=1S/C14H19NO2/c1-3-4-5-8-14(16)15-12(2)9-10-13-7-6-11-17-13/h3-8,11-12H,9-10H2,1-2H3,(H,15,16)/b4-3+,8-5+/t12-/m1/s1. The molecule has 1 N–H and O–H groups in total. The van der Waals surface area contributed by atoms with Crippen LogP contribution in [0.2, 0.25) is 0 Å². The molecule has 1 heterocycles. The Kier molecular flexibility index (Phi) is 5.86. The number of allylic oxidation sites excluding steroid dienone is 3. The van der Waals surface area contributed by atoms with Crippen LogP contribution >= 0.6 is 0 Å². The average molecular weight is 233 g/mol. The summed E-state index contributed by atoms with van der Waals surface area (Å²) in [7, 11) is 0. The lowest BCUT2D eigenvalue weighted by Crippen LogP contribution is -2.31. The van der Waals surface area contributed by atoms with E-state index >= 15 is 0 Å². The molecule has 0 saturated heterocycles. The van der Waals surface area contributed by atoms with E-state index in [9.17, 15) is 4.79 Å². The van der Waals surface area contributed by atoms with Crippen molar-refractivity contribution in [1.29, 1.82) is 0 Å². The summed E-state index contributed by atoms with van der Waals surface area (Å²) in [5, 5.41) is 2.90. The Balaban J connectivity index is 2.24. The second-order valence-corrected chi connectivity index (χ2v) is 3.91. The first-order valence-corrected chi connectivity index (χ1v) is 5.84. The zero-order valence-corrected chi connectivity index (χ0v) is 10.3.